The summed E-state index contributed by atoms with van der Waals surface area (Å²) in [5.74, 6) is 0. The summed E-state index contributed by atoms with van der Waals surface area (Å²) in [6.07, 6.45) is 2.75. The lowest BCUT2D eigenvalue weighted by molar-refractivity contribution is 1.07. The topological polar surface area (TPSA) is 12.9 Å². The summed E-state index contributed by atoms with van der Waals surface area (Å²) >= 11 is 0. The van der Waals surface area contributed by atoms with Gasteiger partial charge in [0.1, 0.15) is 0 Å². The van der Waals surface area contributed by atoms with Crippen LogP contribution in [0.15, 0.2) is 48.7 Å². The molecule has 16 heavy (non-hydrogen) atoms. The number of pyridine rings is 1. The maximum atomic E-state index is 4.30. The minimum atomic E-state index is 0.918. The fourth-order valence-electron chi connectivity index (χ4n) is 1.42. The highest BCUT2D eigenvalue weighted by molar-refractivity contribution is 5.25. The Morgan fingerprint density at radius 3 is 2.19 bits per heavy atom. The van der Waals surface area contributed by atoms with Crippen LogP contribution in [-0.4, -0.2) is 4.98 Å². The standard InChI is InChI=1S/C13H13N.C2H6/c1-11-5-7-12(8-6-11)10-13-4-2-3-9-14-13;1-2/h2-9H,10H2,1H3;1-2H3. The van der Waals surface area contributed by atoms with E-state index in [1.165, 1.54) is 11.1 Å². The Balaban J connectivity index is 0.000000606. The molecule has 1 heterocycles. The van der Waals surface area contributed by atoms with Gasteiger partial charge in [-0.2, -0.15) is 0 Å². The van der Waals surface area contributed by atoms with Gasteiger partial charge in [0, 0.05) is 18.3 Å². The molecule has 84 valence electrons. The van der Waals surface area contributed by atoms with Crippen molar-refractivity contribution >= 4 is 0 Å². The van der Waals surface area contributed by atoms with Crippen molar-refractivity contribution in [3.63, 3.8) is 0 Å². The van der Waals surface area contributed by atoms with Crippen LogP contribution < -0.4 is 0 Å². The smallest absolute Gasteiger partial charge is 0.0447 e. The van der Waals surface area contributed by atoms with Crippen molar-refractivity contribution in [1.82, 2.24) is 4.98 Å². The van der Waals surface area contributed by atoms with E-state index in [2.05, 4.69) is 42.2 Å². The lowest BCUT2D eigenvalue weighted by atomic mass is 10.1. The van der Waals surface area contributed by atoms with E-state index in [1.807, 2.05) is 32.2 Å². The third-order valence-corrected chi connectivity index (χ3v) is 2.23. The average molecular weight is 213 g/mol. The van der Waals surface area contributed by atoms with Gasteiger partial charge in [-0.1, -0.05) is 49.7 Å². The van der Waals surface area contributed by atoms with E-state index in [4.69, 9.17) is 0 Å². The first kappa shape index (κ1) is 12.4. The molecule has 0 radical (unpaired) electrons. The van der Waals surface area contributed by atoms with E-state index < -0.39 is 0 Å². The number of aromatic nitrogens is 1. The molecule has 0 saturated heterocycles. The van der Waals surface area contributed by atoms with Gasteiger partial charge in [0.25, 0.3) is 0 Å². The number of hydrogen-bond acceptors (Lipinski definition) is 1. The number of benzene rings is 1. The zero-order chi connectivity index (χ0) is 11.8. The molecule has 0 atom stereocenters. The summed E-state index contributed by atoms with van der Waals surface area (Å²) in [5.41, 5.74) is 3.74. The minimum Gasteiger partial charge on any atom is -0.261 e. The number of nitrogens with zero attached hydrogens (tertiary/aromatic N) is 1. The van der Waals surface area contributed by atoms with Crippen LogP contribution in [0.3, 0.4) is 0 Å². The highest BCUT2D eigenvalue weighted by Gasteiger charge is 1.95. The maximum absolute atomic E-state index is 4.30. The fourth-order valence-corrected chi connectivity index (χ4v) is 1.42. The van der Waals surface area contributed by atoms with Crippen LogP contribution in [0.25, 0.3) is 0 Å². The van der Waals surface area contributed by atoms with Crippen LogP contribution in [0, 0.1) is 6.92 Å². The van der Waals surface area contributed by atoms with Crippen molar-refractivity contribution in [3.8, 4) is 0 Å². The molecule has 2 rings (SSSR count). The van der Waals surface area contributed by atoms with Gasteiger partial charge < -0.3 is 0 Å². The number of rotatable bonds is 2. The van der Waals surface area contributed by atoms with Gasteiger partial charge in [0.2, 0.25) is 0 Å². The third kappa shape index (κ3) is 3.85. The fraction of sp³-hybridized carbons (Fsp3) is 0.267. The molecule has 0 aliphatic carbocycles. The van der Waals surface area contributed by atoms with Crippen LogP contribution in [0.1, 0.15) is 30.7 Å². The van der Waals surface area contributed by atoms with Crippen LogP contribution >= 0.6 is 0 Å². The van der Waals surface area contributed by atoms with Gasteiger partial charge in [0.15, 0.2) is 0 Å². The molecule has 1 nitrogen and oxygen atoms in total. The minimum absolute atomic E-state index is 0.918. The van der Waals surface area contributed by atoms with Crippen molar-refractivity contribution in [2.45, 2.75) is 27.2 Å². The van der Waals surface area contributed by atoms with E-state index in [1.54, 1.807) is 0 Å². The van der Waals surface area contributed by atoms with Gasteiger partial charge in [0.05, 0.1) is 0 Å². The molecule has 2 aromatic rings. The quantitative estimate of drug-likeness (QED) is 0.734. The summed E-state index contributed by atoms with van der Waals surface area (Å²) < 4.78 is 0. The van der Waals surface area contributed by atoms with E-state index in [-0.39, 0.29) is 0 Å². The maximum Gasteiger partial charge on any atom is 0.0447 e. The van der Waals surface area contributed by atoms with Crippen LogP contribution in [0.2, 0.25) is 0 Å². The molecule has 0 aliphatic rings. The molecule has 1 aromatic carbocycles. The van der Waals surface area contributed by atoms with Crippen molar-refractivity contribution in [2.75, 3.05) is 0 Å². The third-order valence-electron chi connectivity index (χ3n) is 2.23. The molecular formula is C15H19N. The second kappa shape index (κ2) is 6.78. The molecule has 1 aromatic heterocycles. The lowest BCUT2D eigenvalue weighted by Gasteiger charge is -2.00. The van der Waals surface area contributed by atoms with Crippen LogP contribution in [0.4, 0.5) is 0 Å². The van der Waals surface area contributed by atoms with E-state index in [0.717, 1.165) is 12.1 Å². The largest absolute Gasteiger partial charge is 0.261 e. The van der Waals surface area contributed by atoms with E-state index in [9.17, 15) is 0 Å². The molecule has 0 N–H and O–H groups in total. The highest BCUT2D eigenvalue weighted by Crippen LogP contribution is 2.07. The Bertz CT molecular complexity index is 390. The molecule has 0 unspecified atom stereocenters. The predicted octanol–water partition coefficient (Wildman–Crippen LogP) is 4.01. The van der Waals surface area contributed by atoms with Gasteiger partial charge >= 0.3 is 0 Å². The van der Waals surface area contributed by atoms with Crippen molar-refractivity contribution < 1.29 is 0 Å². The molecule has 0 aliphatic heterocycles. The second-order valence-corrected chi connectivity index (χ2v) is 3.48. The monoisotopic (exact) mass is 213 g/mol. The first-order valence-electron chi connectivity index (χ1n) is 5.80. The Labute approximate surface area is 98.2 Å². The summed E-state index contributed by atoms with van der Waals surface area (Å²) in [7, 11) is 0. The molecule has 0 bridgehead atoms. The molecule has 1 heteroatoms. The lowest BCUT2D eigenvalue weighted by Crippen LogP contribution is -1.90. The number of hydrogen-bond donors (Lipinski definition) is 0. The van der Waals surface area contributed by atoms with Gasteiger partial charge in [-0.05, 0) is 24.6 Å². The Morgan fingerprint density at radius 2 is 1.62 bits per heavy atom. The Kier molecular flexibility index (Phi) is 5.27. The normalized spacial score (nSPS) is 9.19. The zero-order valence-corrected chi connectivity index (χ0v) is 10.3. The average Bonchev–Trinajstić information content (AvgIpc) is 2.36. The van der Waals surface area contributed by atoms with Crippen molar-refractivity contribution in [3.05, 3.63) is 65.5 Å². The Morgan fingerprint density at radius 1 is 0.938 bits per heavy atom. The van der Waals surface area contributed by atoms with Gasteiger partial charge in [-0.3, -0.25) is 4.98 Å². The first-order valence-corrected chi connectivity index (χ1v) is 5.80. The van der Waals surface area contributed by atoms with Crippen molar-refractivity contribution in [2.24, 2.45) is 0 Å². The SMILES string of the molecule is CC.Cc1ccc(Cc2ccccn2)cc1. The molecular weight excluding hydrogens is 194 g/mol. The van der Waals surface area contributed by atoms with Crippen molar-refractivity contribution in [1.29, 1.82) is 0 Å². The van der Waals surface area contributed by atoms with Crippen LogP contribution in [0.5, 0.6) is 0 Å². The summed E-state index contributed by atoms with van der Waals surface area (Å²) in [6, 6.07) is 14.6. The molecule has 0 saturated carbocycles. The first-order chi connectivity index (χ1) is 7.84. The summed E-state index contributed by atoms with van der Waals surface area (Å²) in [6.45, 7) is 6.10. The molecule has 0 spiro atoms. The molecule has 0 fully saturated rings. The van der Waals surface area contributed by atoms with E-state index >= 15 is 0 Å². The second-order valence-electron chi connectivity index (χ2n) is 3.48. The summed E-state index contributed by atoms with van der Waals surface area (Å²) in [4.78, 5) is 4.30. The Hall–Kier alpha value is -1.63. The van der Waals surface area contributed by atoms with Crippen LogP contribution in [-0.2, 0) is 6.42 Å². The molecule has 0 amide bonds. The van der Waals surface area contributed by atoms with Gasteiger partial charge in [-0.25, -0.2) is 0 Å². The predicted molar refractivity (Wildman–Crippen MR) is 69.6 cm³/mol. The van der Waals surface area contributed by atoms with E-state index in [0.29, 0.717) is 0 Å². The zero-order valence-electron chi connectivity index (χ0n) is 10.3. The van der Waals surface area contributed by atoms with Gasteiger partial charge in [-0.15, -0.1) is 0 Å². The highest BCUT2D eigenvalue weighted by atomic mass is 14.7. The number of aryl methyl sites for hydroxylation is 1. The summed E-state index contributed by atoms with van der Waals surface area (Å²) in [5, 5.41) is 0.